The lowest BCUT2D eigenvalue weighted by atomic mass is 10.1. The maximum Gasteiger partial charge on any atom is 0.179 e. The van der Waals surface area contributed by atoms with E-state index in [0.29, 0.717) is 23.1 Å². The van der Waals surface area contributed by atoms with Crippen molar-refractivity contribution < 1.29 is 9.47 Å². The molecule has 0 aliphatic rings. The maximum absolute atomic E-state index is 6.21. The van der Waals surface area contributed by atoms with Crippen molar-refractivity contribution in [3.8, 4) is 11.5 Å². The normalized spacial score (nSPS) is 10.3. The molecule has 0 saturated carbocycles. The van der Waals surface area contributed by atoms with Crippen molar-refractivity contribution >= 4 is 17.3 Å². The molecule has 2 aromatic carbocycles. The van der Waals surface area contributed by atoms with Gasteiger partial charge in [-0.25, -0.2) is 0 Å². The van der Waals surface area contributed by atoms with Crippen LogP contribution in [-0.2, 0) is 6.54 Å². The van der Waals surface area contributed by atoms with Gasteiger partial charge < -0.3 is 14.8 Å². The number of hydrogen-bond donors (Lipinski definition) is 1. The summed E-state index contributed by atoms with van der Waals surface area (Å²) in [5.74, 6) is 1.20. The van der Waals surface area contributed by atoms with Crippen LogP contribution in [0.3, 0.4) is 0 Å². The molecule has 0 aromatic heterocycles. The molecule has 4 heteroatoms. The summed E-state index contributed by atoms with van der Waals surface area (Å²) in [5, 5.41) is 3.94. The number of halogens is 1. The maximum atomic E-state index is 6.21. The van der Waals surface area contributed by atoms with Crippen LogP contribution in [0.25, 0.3) is 0 Å². The molecule has 3 nitrogen and oxygen atoms in total. The Morgan fingerprint density at radius 3 is 2.38 bits per heavy atom. The van der Waals surface area contributed by atoms with Gasteiger partial charge in [-0.05, 0) is 54.8 Å². The SMILES string of the molecule is COc1cc(CNc2ccc(C)c(C)c2)cc(Cl)c1OC. The second-order valence-corrected chi connectivity index (χ2v) is 5.37. The molecule has 0 amide bonds. The van der Waals surface area contributed by atoms with Gasteiger partial charge in [-0.3, -0.25) is 0 Å². The Labute approximate surface area is 130 Å². The van der Waals surface area contributed by atoms with Gasteiger partial charge in [0.25, 0.3) is 0 Å². The molecule has 0 radical (unpaired) electrons. The molecule has 0 bridgehead atoms. The highest BCUT2D eigenvalue weighted by molar-refractivity contribution is 6.32. The van der Waals surface area contributed by atoms with Gasteiger partial charge in [0.2, 0.25) is 0 Å². The Bertz CT molecular complexity index is 641. The summed E-state index contributed by atoms with van der Waals surface area (Å²) in [7, 11) is 3.19. The summed E-state index contributed by atoms with van der Waals surface area (Å²) in [6.45, 7) is 4.88. The molecular weight excluding hydrogens is 286 g/mol. The molecule has 0 heterocycles. The molecule has 2 aromatic rings. The molecule has 0 saturated heterocycles. The van der Waals surface area contributed by atoms with Gasteiger partial charge in [0, 0.05) is 12.2 Å². The standard InChI is InChI=1S/C17H20ClNO2/c1-11-5-6-14(7-12(11)2)19-10-13-8-15(18)17(21-4)16(9-13)20-3/h5-9,19H,10H2,1-4H3. The van der Waals surface area contributed by atoms with Crippen LogP contribution < -0.4 is 14.8 Å². The van der Waals surface area contributed by atoms with Crippen molar-refractivity contribution in [1.82, 2.24) is 0 Å². The van der Waals surface area contributed by atoms with Crippen LogP contribution in [0, 0.1) is 13.8 Å². The second kappa shape index (κ2) is 6.72. The van der Waals surface area contributed by atoms with Gasteiger partial charge in [-0.2, -0.15) is 0 Å². The predicted molar refractivity (Wildman–Crippen MR) is 87.8 cm³/mol. The summed E-state index contributed by atoms with van der Waals surface area (Å²) in [6.07, 6.45) is 0. The zero-order valence-corrected chi connectivity index (χ0v) is 13.5. The zero-order valence-electron chi connectivity index (χ0n) is 12.8. The first-order valence-corrected chi connectivity index (χ1v) is 7.14. The van der Waals surface area contributed by atoms with Gasteiger partial charge in [0.05, 0.1) is 19.2 Å². The second-order valence-electron chi connectivity index (χ2n) is 4.97. The first-order chi connectivity index (χ1) is 10.0. The average molecular weight is 306 g/mol. The number of nitrogens with one attached hydrogen (secondary N) is 1. The van der Waals surface area contributed by atoms with E-state index in [0.717, 1.165) is 11.3 Å². The third-order valence-corrected chi connectivity index (χ3v) is 3.78. The van der Waals surface area contributed by atoms with Crippen molar-refractivity contribution in [3.05, 3.63) is 52.0 Å². The minimum absolute atomic E-state index is 0.550. The summed E-state index contributed by atoms with van der Waals surface area (Å²) in [4.78, 5) is 0. The van der Waals surface area contributed by atoms with Crippen molar-refractivity contribution in [2.45, 2.75) is 20.4 Å². The molecule has 0 aliphatic heterocycles. The van der Waals surface area contributed by atoms with E-state index < -0.39 is 0 Å². The Balaban J connectivity index is 2.16. The highest BCUT2D eigenvalue weighted by Gasteiger charge is 2.10. The van der Waals surface area contributed by atoms with E-state index in [4.69, 9.17) is 21.1 Å². The topological polar surface area (TPSA) is 30.5 Å². The fourth-order valence-electron chi connectivity index (χ4n) is 2.13. The number of methoxy groups -OCH3 is 2. The van der Waals surface area contributed by atoms with Crippen LogP contribution in [0.5, 0.6) is 11.5 Å². The van der Waals surface area contributed by atoms with Crippen LogP contribution >= 0.6 is 11.6 Å². The minimum atomic E-state index is 0.550. The van der Waals surface area contributed by atoms with E-state index in [1.807, 2.05) is 12.1 Å². The largest absolute Gasteiger partial charge is 0.493 e. The van der Waals surface area contributed by atoms with Gasteiger partial charge in [0.1, 0.15) is 0 Å². The van der Waals surface area contributed by atoms with E-state index in [2.05, 4.69) is 37.4 Å². The van der Waals surface area contributed by atoms with Gasteiger partial charge in [-0.15, -0.1) is 0 Å². The number of benzene rings is 2. The first-order valence-electron chi connectivity index (χ1n) is 6.76. The fraction of sp³-hybridized carbons (Fsp3) is 0.294. The lowest BCUT2D eigenvalue weighted by Gasteiger charge is -2.13. The quantitative estimate of drug-likeness (QED) is 0.876. The van der Waals surface area contributed by atoms with E-state index in [1.165, 1.54) is 11.1 Å². The third-order valence-electron chi connectivity index (χ3n) is 3.50. The van der Waals surface area contributed by atoms with Gasteiger partial charge in [0.15, 0.2) is 11.5 Å². The first kappa shape index (κ1) is 15.5. The Kier molecular flexibility index (Phi) is 4.97. The summed E-state index contributed by atoms with van der Waals surface area (Å²) in [6, 6.07) is 10.1. The molecule has 0 atom stereocenters. The average Bonchev–Trinajstić information content (AvgIpc) is 2.47. The summed E-state index contributed by atoms with van der Waals surface area (Å²) >= 11 is 6.21. The highest BCUT2D eigenvalue weighted by atomic mass is 35.5. The van der Waals surface area contributed by atoms with E-state index >= 15 is 0 Å². The molecule has 0 spiro atoms. The Morgan fingerprint density at radius 2 is 1.76 bits per heavy atom. The minimum Gasteiger partial charge on any atom is -0.493 e. The smallest absolute Gasteiger partial charge is 0.179 e. The van der Waals surface area contributed by atoms with Crippen molar-refractivity contribution in [2.24, 2.45) is 0 Å². The zero-order chi connectivity index (χ0) is 15.4. The molecule has 21 heavy (non-hydrogen) atoms. The molecule has 0 fully saturated rings. The number of aryl methyl sites for hydroxylation is 2. The van der Waals surface area contributed by atoms with Gasteiger partial charge in [-0.1, -0.05) is 17.7 Å². The summed E-state index contributed by atoms with van der Waals surface area (Å²) < 4.78 is 10.5. The molecule has 0 unspecified atom stereocenters. The molecule has 2 rings (SSSR count). The Hall–Kier alpha value is -1.87. The van der Waals surface area contributed by atoms with Crippen LogP contribution in [0.4, 0.5) is 5.69 Å². The van der Waals surface area contributed by atoms with Crippen LogP contribution in [0.1, 0.15) is 16.7 Å². The third kappa shape index (κ3) is 3.61. The van der Waals surface area contributed by atoms with Crippen molar-refractivity contribution in [1.29, 1.82) is 0 Å². The number of rotatable bonds is 5. The molecule has 1 N–H and O–H groups in total. The Morgan fingerprint density at radius 1 is 1.00 bits per heavy atom. The number of hydrogen-bond acceptors (Lipinski definition) is 3. The number of anilines is 1. The number of ether oxygens (including phenoxy) is 2. The summed E-state index contributed by atoms with van der Waals surface area (Å²) in [5.41, 5.74) is 4.68. The van der Waals surface area contributed by atoms with Crippen LogP contribution in [-0.4, -0.2) is 14.2 Å². The van der Waals surface area contributed by atoms with E-state index in [-0.39, 0.29) is 0 Å². The van der Waals surface area contributed by atoms with Crippen LogP contribution in [0.2, 0.25) is 5.02 Å². The lowest BCUT2D eigenvalue weighted by Crippen LogP contribution is -2.01. The monoisotopic (exact) mass is 305 g/mol. The molecule has 0 aliphatic carbocycles. The van der Waals surface area contributed by atoms with E-state index in [9.17, 15) is 0 Å². The molecular formula is C17H20ClNO2. The van der Waals surface area contributed by atoms with Gasteiger partial charge >= 0.3 is 0 Å². The van der Waals surface area contributed by atoms with Crippen LogP contribution in [0.15, 0.2) is 30.3 Å². The van der Waals surface area contributed by atoms with Crippen molar-refractivity contribution in [3.63, 3.8) is 0 Å². The van der Waals surface area contributed by atoms with Crippen molar-refractivity contribution in [2.75, 3.05) is 19.5 Å². The highest BCUT2D eigenvalue weighted by Crippen LogP contribution is 2.36. The lowest BCUT2D eigenvalue weighted by molar-refractivity contribution is 0.355. The molecule has 112 valence electrons. The predicted octanol–water partition coefficient (Wildman–Crippen LogP) is 4.59. The fourth-order valence-corrected chi connectivity index (χ4v) is 2.44. The van der Waals surface area contributed by atoms with E-state index in [1.54, 1.807) is 14.2 Å².